The number of pyridine rings is 1. The number of hydrogen-bond acceptors (Lipinski definition) is 10. The van der Waals surface area contributed by atoms with Crippen molar-refractivity contribution in [2.24, 2.45) is 0 Å². The minimum absolute atomic E-state index is 0.0177. The number of aromatic nitrogens is 1. The van der Waals surface area contributed by atoms with Gasteiger partial charge in [0.05, 0.1) is 35.6 Å². The molecule has 1 fully saturated rings. The van der Waals surface area contributed by atoms with Gasteiger partial charge in [-0.3, -0.25) is 0 Å². The second kappa shape index (κ2) is 8.94. The summed E-state index contributed by atoms with van der Waals surface area (Å²) in [6.45, 7) is -0.805. The maximum absolute atomic E-state index is 12.2. The van der Waals surface area contributed by atoms with Crippen LogP contribution in [0.4, 0.5) is 0 Å². The first-order chi connectivity index (χ1) is 13.3. The molecule has 162 valence electrons. The zero-order chi connectivity index (χ0) is 22.0. The molecule has 13 heteroatoms. The summed E-state index contributed by atoms with van der Waals surface area (Å²) in [6, 6.07) is 2.80. The fraction of sp³-hybridized carbons (Fsp3) is 0.562. The van der Waals surface area contributed by atoms with Gasteiger partial charge in [0.2, 0.25) is 0 Å². The number of quaternary nitrogens is 1. The number of ether oxygens (including phenoxy) is 2. The van der Waals surface area contributed by atoms with Crippen LogP contribution in [0.25, 0.3) is 0 Å². The van der Waals surface area contributed by atoms with Gasteiger partial charge in [-0.2, -0.15) is 4.57 Å². The van der Waals surface area contributed by atoms with Crippen LogP contribution in [-0.4, -0.2) is 79.2 Å². The van der Waals surface area contributed by atoms with Crippen LogP contribution in [0, 0.1) is 0 Å². The molecular formula is C16H23N2O10P. The van der Waals surface area contributed by atoms with Crippen LogP contribution in [0.15, 0.2) is 24.5 Å². The van der Waals surface area contributed by atoms with Crippen molar-refractivity contribution < 1.29 is 57.2 Å². The van der Waals surface area contributed by atoms with Crippen LogP contribution in [0.1, 0.15) is 16.6 Å². The summed E-state index contributed by atoms with van der Waals surface area (Å²) in [5.74, 6) is -1.63. The summed E-state index contributed by atoms with van der Waals surface area (Å²) in [5.41, 5.74) is -0.0177. The molecule has 1 aliphatic heterocycles. The molecule has 1 aliphatic rings. The van der Waals surface area contributed by atoms with E-state index >= 15 is 0 Å². The summed E-state index contributed by atoms with van der Waals surface area (Å²) in [7, 11) is -0.0148. The average Bonchev–Trinajstić information content (AvgIpc) is 2.86. The van der Waals surface area contributed by atoms with Gasteiger partial charge in [-0.15, -0.1) is 0 Å². The van der Waals surface area contributed by atoms with E-state index in [2.05, 4.69) is 4.52 Å². The number of hydrogen-bond donors (Lipinski definition) is 2. The standard InChI is InChI=1S/C16H23N2O10P/c1-18(2,3)8-12(19)28-16(22)10-5-4-6-17(7-10)15-14(21)13(20)11(27-15)9-26-29(23,24)25/h4-7,11,13-15,20-21H,8-9H2,1-3H3/t11-,13-,14-,15-/m1/s1. The number of likely N-dealkylation sites (N-methyl/N-ethyl adjacent to an activating group) is 1. The SMILES string of the molecule is C[N+](C)(C)CC(=O)OC(=O)c1ccc[n+]([C@@H]2O[C@H](COP(=O)([O-])[O-])[C@@H](O)[C@H]2O)c1. The fourth-order valence-electron chi connectivity index (χ4n) is 2.63. The first-order valence-corrected chi connectivity index (χ1v) is 9.97. The summed E-state index contributed by atoms with van der Waals surface area (Å²) in [5, 5.41) is 20.2. The monoisotopic (exact) mass is 434 g/mol. The molecule has 1 aromatic heterocycles. The van der Waals surface area contributed by atoms with E-state index in [1.165, 1.54) is 29.1 Å². The number of carbonyl (C=O) groups excluding carboxylic acids is 2. The summed E-state index contributed by atoms with van der Waals surface area (Å²) in [6.07, 6.45) is -2.89. The minimum atomic E-state index is -5.28. The summed E-state index contributed by atoms with van der Waals surface area (Å²) in [4.78, 5) is 45.2. The van der Waals surface area contributed by atoms with E-state index in [0.717, 1.165) is 0 Å². The maximum Gasteiger partial charge on any atom is 0.369 e. The summed E-state index contributed by atoms with van der Waals surface area (Å²) < 4.78 is 26.3. The van der Waals surface area contributed by atoms with E-state index in [1.54, 1.807) is 21.1 Å². The van der Waals surface area contributed by atoms with Crippen molar-refractivity contribution in [2.45, 2.75) is 24.5 Å². The van der Waals surface area contributed by atoms with Crippen molar-refractivity contribution >= 4 is 19.8 Å². The molecule has 0 radical (unpaired) electrons. The Morgan fingerprint density at radius 3 is 2.52 bits per heavy atom. The van der Waals surface area contributed by atoms with Gasteiger partial charge in [-0.1, -0.05) is 0 Å². The predicted molar refractivity (Wildman–Crippen MR) is 89.4 cm³/mol. The van der Waals surface area contributed by atoms with Crippen molar-refractivity contribution in [3.05, 3.63) is 30.1 Å². The zero-order valence-corrected chi connectivity index (χ0v) is 16.9. The number of phosphoric acid groups is 1. The highest BCUT2D eigenvalue weighted by atomic mass is 31.2. The van der Waals surface area contributed by atoms with Gasteiger partial charge in [0.25, 0.3) is 6.23 Å². The van der Waals surface area contributed by atoms with Crippen molar-refractivity contribution in [1.29, 1.82) is 0 Å². The van der Waals surface area contributed by atoms with Crippen LogP contribution in [0.3, 0.4) is 0 Å². The highest BCUT2D eigenvalue weighted by Gasteiger charge is 2.48. The van der Waals surface area contributed by atoms with Gasteiger partial charge in [0.15, 0.2) is 25.0 Å². The Kier molecular flexibility index (Phi) is 7.25. The number of aliphatic hydroxyl groups is 2. The minimum Gasteiger partial charge on any atom is -0.790 e. The molecule has 1 aromatic rings. The van der Waals surface area contributed by atoms with Gasteiger partial charge in [-0.05, 0) is 6.07 Å². The van der Waals surface area contributed by atoms with E-state index < -0.39 is 50.9 Å². The van der Waals surface area contributed by atoms with Crippen LogP contribution >= 0.6 is 7.82 Å². The first kappa shape index (κ1) is 23.5. The van der Waals surface area contributed by atoms with Crippen LogP contribution < -0.4 is 14.4 Å². The molecule has 0 aromatic carbocycles. The second-order valence-electron chi connectivity index (χ2n) is 7.54. The number of phosphoric ester groups is 1. The fourth-order valence-corrected chi connectivity index (χ4v) is 2.96. The largest absolute Gasteiger partial charge is 0.790 e. The Labute approximate surface area is 166 Å². The lowest BCUT2D eigenvalue weighted by Gasteiger charge is -2.30. The zero-order valence-electron chi connectivity index (χ0n) is 16.0. The molecule has 2 heterocycles. The molecule has 0 aliphatic carbocycles. The molecular weight excluding hydrogens is 411 g/mol. The first-order valence-electron chi connectivity index (χ1n) is 8.51. The highest BCUT2D eigenvalue weighted by Crippen LogP contribution is 2.30. The molecule has 0 bridgehead atoms. The lowest BCUT2D eigenvalue weighted by atomic mass is 10.1. The molecule has 0 amide bonds. The Morgan fingerprint density at radius 1 is 1.28 bits per heavy atom. The van der Waals surface area contributed by atoms with Gasteiger partial charge < -0.3 is 43.0 Å². The Bertz CT molecular complexity index is 805. The number of rotatable bonds is 7. The van der Waals surface area contributed by atoms with Gasteiger partial charge >= 0.3 is 11.9 Å². The maximum atomic E-state index is 12.2. The predicted octanol–water partition coefficient (Wildman–Crippen LogP) is -3.17. The van der Waals surface area contributed by atoms with Crippen LogP contribution in [-0.2, 0) is 23.4 Å². The average molecular weight is 434 g/mol. The Balaban J connectivity index is 2.09. The number of aliphatic hydroxyl groups excluding tert-OH is 2. The van der Waals surface area contributed by atoms with Crippen molar-refractivity contribution in [2.75, 3.05) is 34.3 Å². The smallest absolute Gasteiger partial charge is 0.369 e. The van der Waals surface area contributed by atoms with Gasteiger partial charge in [0.1, 0.15) is 17.8 Å². The molecule has 4 atom stereocenters. The van der Waals surface area contributed by atoms with Crippen LogP contribution in [0.5, 0.6) is 0 Å². The lowest BCUT2D eigenvalue weighted by Crippen LogP contribution is -2.46. The Hall–Kier alpha value is -1.76. The summed E-state index contributed by atoms with van der Waals surface area (Å²) >= 11 is 0. The van der Waals surface area contributed by atoms with E-state index in [-0.39, 0.29) is 16.6 Å². The molecule has 0 spiro atoms. The normalized spacial score (nSPS) is 25.1. The number of nitrogens with zero attached hydrogens (tertiary/aromatic N) is 2. The van der Waals surface area contributed by atoms with E-state index in [0.29, 0.717) is 0 Å². The van der Waals surface area contributed by atoms with E-state index in [9.17, 15) is 34.2 Å². The number of esters is 2. The molecule has 0 saturated carbocycles. The number of carbonyl (C=O) groups is 2. The molecule has 0 unspecified atom stereocenters. The third-order valence-electron chi connectivity index (χ3n) is 3.90. The van der Waals surface area contributed by atoms with Crippen molar-refractivity contribution in [3.63, 3.8) is 0 Å². The topological polar surface area (TPSA) is 169 Å². The van der Waals surface area contributed by atoms with Gasteiger partial charge in [-0.25, -0.2) is 9.59 Å². The molecule has 1 saturated heterocycles. The molecule has 2 N–H and O–H groups in total. The Morgan fingerprint density at radius 2 is 1.93 bits per heavy atom. The lowest BCUT2D eigenvalue weighted by molar-refractivity contribution is -0.862. The third-order valence-corrected chi connectivity index (χ3v) is 4.36. The van der Waals surface area contributed by atoms with Crippen LogP contribution in [0.2, 0.25) is 0 Å². The third kappa shape index (κ3) is 6.91. The molecule has 2 rings (SSSR count). The molecule has 12 nitrogen and oxygen atoms in total. The quantitative estimate of drug-likeness (QED) is 0.147. The van der Waals surface area contributed by atoms with E-state index in [4.69, 9.17) is 9.47 Å². The van der Waals surface area contributed by atoms with Crippen molar-refractivity contribution in [3.8, 4) is 0 Å². The van der Waals surface area contributed by atoms with Gasteiger partial charge in [0, 0.05) is 6.07 Å². The molecule has 29 heavy (non-hydrogen) atoms. The van der Waals surface area contributed by atoms with E-state index in [1.807, 2.05) is 0 Å². The highest BCUT2D eigenvalue weighted by molar-refractivity contribution is 7.43. The second-order valence-corrected chi connectivity index (χ2v) is 8.69. The van der Waals surface area contributed by atoms with Crippen molar-refractivity contribution in [1.82, 2.24) is 0 Å².